The van der Waals surface area contributed by atoms with Gasteiger partial charge in [-0.25, -0.2) is 8.42 Å². The lowest BCUT2D eigenvalue weighted by Gasteiger charge is -2.15. The van der Waals surface area contributed by atoms with E-state index in [1.165, 1.54) is 0 Å². The molecule has 0 saturated carbocycles. The van der Waals surface area contributed by atoms with E-state index in [9.17, 15) is 13.2 Å². The van der Waals surface area contributed by atoms with Gasteiger partial charge < -0.3 is 10.6 Å². The summed E-state index contributed by atoms with van der Waals surface area (Å²) in [4.78, 5) is 12.1. The largest absolute Gasteiger partial charge is 0.373 e. The number of benzene rings is 1. The summed E-state index contributed by atoms with van der Waals surface area (Å²) < 4.78 is 22.7. The lowest BCUT2D eigenvalue weighted by atomic mass is 10.1. The van der Waals surface area contributed by atoms with E-state index >= 15 is 0 Å². The zero-order chi connectivity index (χ0) is 13.5. The van der Waals surface area contributed by atoms with E-state index < -0.39 is 9.84 Å². The maximum atomic E-state index is 12.1. The molecular weight excluding hydrogens is 264 g/mol. The molecule has 6 heteroatoms. The molecule has 1 amide bonds. The Hall–Kier alpha value is -1.56. The number of amides is 1. The molecule has 1 fully saturated rings. The first-order chi connectivity index (χ1) is 9.03. The number of rotatable bonds is 2. The van der Waals surface area contributed by atoms with Crippen molar-refractivity contribution >= 4 is 21.4 Å². The van der Waals surface area contributed by atoms with Gasteiger partial charge in [-0.05, 0) is 18.1 Å². The molecule has 0 spiro atoms. The van der Waals surface area contributed by atoms with Crippen molar-refractivity contribution in [3.05, 3.63) is 29.8 Å². The van der Waals surface area contributed by atoms with E-state index in [0.717, 1.165) is 11.3 Å². The van der Waals surface area contributed by atoms with E-state index in [1.54, 1.807) is 0 Å². The molecule has 19 heavy (non-hydrogen) atoms. The van der Waals surface area contributed by atoms with Gasteiger partial charge in [0.05, 0.1) is 11.5 Å². The van der Waals surface area contributed by atoms with Crippen LogP contribution < -0.4 is 10.6 Å². The Labute approximate surface area is 112 Å². The molecular formula is C13H16N2O3S. The fourth-order valence-electron chi connectivity index (χ4n) is 2.67. The van der Waals surface area contributed by atoms with Gasteiger partial charge in [0.1, 0.15) is 6.04 Å². The Morgan fingerprint density at radius 1 is 1.32 bits per heavy atom. The summed E-state index contributed by atoms with van der Waals surface area (Å²) in [5, 5.41) is 6.00. The highest BCUT2D eigenvalue weighted by Gasteiger charge is 2.32. The topological polar surface area (TPSA) is 75.3 Å². The number of fused-ring (bicyclic) bond motifs is 1. The van der Waals surface area contributed by atoms with Gasteiger partial charge in [-0.1, -0.05) is 18.2 Å². The van der Waals surface area contributed by atoms with Gasteiger partial charge in [-0.3, -0.25) is 4.79 Å². The van der Waals surface area contributed by atoms with Gasteiger partial charge in [0.25, 0.3) is 0 Å². The minimum atomic E-state index is -2.95. The summed E-state index contributed by atoms with van der Waals surface area (Å²) in [6.07, 6.45) is 1.18. The van der Waals surface area contributed by atoms with Crippen LogP contribution in [0.1, 0.15) is 12.0 Å². The lowest BCUT2D eigenvalue weighted by Crippen LogP contribution is -2.44. The quantitative estimate of drug-likeness (QED) is 0.818. The number of hydrogen-bond donors (Lipinski definition) is 2. The molecule has 102 valence electrons. The summed E-state index contributed by atoms with van der Waals surface area (Å²) in [7, 11) is -2.95. The fraction of sp³-hybridized carbons (Fsp3) is 0.462. The smallest absolute Gasteiger partial charge is 0.243 e. The summed E-state index contributed by atoms with van der Waals surface area (Å²) in [5.74, 6) is 0.132. The fourth-order valence-corrected chi connectivity index (χ4v) is 4.34. The van der Waals surface area contributed by atoms with Crippen molar-refractivity contribution in [1.29, 1.82) is 0 Å². The van der Waals surface area contributed by atoms with E-state index in [1.807, 2.05) is 24.3 Å². The van der Waals surface area contributed by atoms with Crippen molar-refractivity contribution in [2.24, 2.45) is 0 Å². The van der Waals surface area contributed by atoms with E-state index in [4.69, 9.17) is 0 Å². The normalized spacial score (nSPS) is 27.6. The molecule has 2 atom stereocenters. The standard InChI is InChI=1S/C13H16N2O3S/c16-13(14-10-5-6-19(17,18)8-10)12-7-9-3-1-2-4-11(9)15-12/h1-4,10,12,15H,5-8H2,(H,14,16)/t10?,12-/m0/s1. The molecule has 0 aliphatic carbocycles. The van der Waals surface area contributed by atoms with Crippen LogP contribution in [-0.4, -0.2) is 37.9 Å². The van der Waals surface area contributed by atoms with Crippen molar-refractivity contribution in [3.8, 4) is 0 Å². The van der Waals surface area contributed by atoms with Gasteiger partial charge >= 0.3 is 0 Å². The second-order valence-electron chi connectivity index (χ2n) is 5.17. The average Bonchev–Trinajstić information content (AvgIpc) is 2.92. The molecule has 0 aromatic heterocycles. The molecule has 1 aromatic rings. The van der Waals surface area contributed by atoms with Crippen LogP contribution in [0.25, 0.3) is 0 Å². The Bertz CT molecular complexity index is 587. The summed E-state index contributed by atoms with van der Waals surface area (Å²) in [6, 6.07) is 7.29. The van der Waals surface area contributed by atoms with Gasteiger partial charge in [0, 0.05) is 18.2 Å². The molecule has 1 saturated heterocycles. The number of para-hydroxylation sites is 1. The third-order valence-corrected chi connectivity index (χ3v) is 5.43. The van der Waals surface area contributed by atoms with Crippen molar-refractivity contribution in [2.45, 2.75) is 24.9 Å². The molecule has 2 N–H and O–H groups in total. The molecule has 5 nitrogen and oxygen atoms in total. The van der Waals surface area contributed by atoms with Gasteiger partial charge in [-0.15, -0.1) is 0 Å². The number of anilines is 1. The third-order valence-electron chi connectivity index (χ3n) is 3.67. The number of sulfone groups is 1. The molecule has 1 unspecified atom stereocenters. The maximum absolute atomic E-state index is 12.1. The van der Waals surface area contributed by atoms with Crippen LogP contribution in [0.5, 0.6) is 0 Å². The minimum Gasteiger partial charge on any atom is -0.373 e. The minimum absolute atomic E-state index is 0.0679. The van der Waals surface area contributed by atoms with Crippen molar-refractivity contribution < 1.29 is 13.2 Å². The zero-order valence-electron chi connectivity index (χ0n) is 10.4. The number of carbonyl (C=O) groups is 1. The monoisotopic (exact) mass is 280 g/mol. The molecule has 2 aliphatic heterocycles. The molecule has 0 radical (unpaired) electrons. The van der Waals surface area contributed by atoms with Crippen molar-refractivity contribution in [3.63, 3.8) is 0 Å². The molecule has 3 rings (SSSR count). The molecule has 2 aliphatic rings. The van der Waals surface area contributed by atoms with E-state index in [0.29, 0.717) is 12.8 Å². The highest BCUT2D eigenvalue weighted by molar-refractivity contribution is 7.91. The Morgan fingerprint density at radius 2 is 2.11 bits per heavy atom. The Morgan fingerprint density at radius 3 is 2.79 bits per heavy atom. The predicted molar refractivity (Wildman–Crippen MR) is 72.8 cm³/mol. The zero-order valence-corrected chi connectivity index (χ0v) is 11.2. The SMILES string of the molecule is O=C(NC1CCS(=O)(=O)C1)[C@@H]1Cc2ccccc2N1. The predicted octanol–water partition coefficient (Wildman–Crippen LogP) is 0.326. The molecule has 0 bridgehead atoms. The van der Waals surface area contributed by atoms with Gasteiger partial charge in [-0.2, -0.15) is 0 Å². The van der Waals surface area contributed by atoms with Crippen LogP contribution in [0.4, 0.5) is 5.69 Å². The van der Waals surface area contributed by atoms with Crippen molar-refractivity contribution in [2.75, 3.05) is 16.8 Å². The highest BCUT2D eigenvalue weighted by Crippen LogP contribution is 2.25. The second kappa shape index (κ2) is 4.52. The summed E-state index contributed by atoms with van der Waals surface area (Å²) in [5.41, 5.74) is 2.11. The van der Waals surface area contributed by atoms with Crippen LogP contribution in [0.3, 0.4) is 0 Å². The number of nitrogens with one attached hydrogen (secondary N) is 2. The molecule has 1 aromatic carbocycles. The molecule has 2 heterocycles. The first-order valence-corrected chi connectivity index (χ1v) is 8.21. The lowest BCUT2D eigenvalue weighted by molar-refractivity contribution is -0.122. The van der Waals surface area contributed by atoms with Crippen molar-refractivity contribution in [1.82, 2.24) is 5.32 Å². The van der Waals surface area contributed by atoms with E-state index in [-0.39, 0.29) is 29.5 Å². The Balaban J connectivity index is 1.62. The Kier molecular flexibility index (Phi) is 2.97. The van der Waals surface area contributed by atoms with Gasteiger partial charge in [0.15, 0.2) is 9.84 Å². The summed E-state index contributed by atoms with van der Waals surface area (Å²) in [6.45, 7) is 0. The maximum Gasteiger partial charge on any atom is 0.243 e. The number of hydrogen-bond acceptors (Lipinski definition) is 4. The number of carbonyl (C=O) groups excluding carboxylic acids is 1. The average molecular weight is 280 g/mol. The van der Waals surface area contributed by atoms with Crippen LogP contribution >= 0.6 is 0 Å². The first-order valence-electron chi connectivity index (χ1n) is 6.39. The van der Waals surface area contributed by atoms with Crippen LogP contribution in [0.15, 0.2) is 24.3 Å². The first kappa shape index (κ1) is 12.5. The van der Waals surface area contributed by atoms with Crippen LogP contribution in [0.2, 0.25) is 0 Å². The van der Waals surface area contributed by atoms with Gasteiger partial charge in [0.2, 0.25) is 5.91 Å². The third kappa shape index (κ3) is 2.58. The van der Waals surface area contributed by atoms with Crippen LogP contribution in [0, 0.1) is 0 Å². The summed E-state index contributed by atoms with van der Waals surface area (Å²) >= 11 is 0. The van der Waals surface area contributed by atoms with Crippen LogP contribution in [-0.2, 0) is 21.1 Å². The second-order valence-corrected chi connectivity index (χ2v) is 7.40. The van der Waals surface area contributed by atoms with E-state index in [2.05, 4.69) is 10.6 Å². The highest BCUT2D eigenvalue weighted by atomic mass is 32.2.